The Morgan fingerprint density at radius 2 is 1.47 bits per heavy atom. The molecule has 0 radical (unpaired) electrons. The number of hydrazine groups is 1. The van der Waals surface area contributed by atoms with E-state index in [1.54, 1.807) is 24.3 Å². The van der Waals surface area contributed by atoms with E-state index in [1.807, 2.05) is 31.2 Å². The maximum Gasteiger partial charge on any atom is 0.262 e. The van der Waals surface area contributed by atoms with Gasteiger partial charge in [-0.1, -0.05) is 30.3 Å². The van der Waals surface area contributed by atoms with Crippen molar-refractivity contribution in [1.82, 2.24) is 19.9 Å². The molecule has 2 aromatic carbocycles. The summed E-state index contributed by atoms with van der Waals surface area (Å²) in [7, 11) is 0. The van der Waals surface area contributed by atoms with Gasteiger partial charge in [0, 0.05) is 29.7 Å². The Morgan fingerprint density at radius 3 is 2.16 bits per heavy atom. The van der Waals surface area contributed by atoms with E-state index in [1.165, 1.54) is 10.0 Å². The predicted molar refractivity (Wildman–Crippen MR) is 117 cm³/mol. The van der Waals surface area contributed by atoms with Gasteiger partial charge in [-0.3, -0.25) is 29.1 Å². The van der Waals surface area contributed by atoms with Gasteiger partial charge in [0.15, 0.2) is 0 Å². The Bertz CT molecular complexity index is 1240. The van der Waals surface area contributed by atoms with E-state index in [-0.39, 0.29) is 18.9 Å². The third kappa shape index (κ3) is 3.15. The fourth-order valence-corrected chi connectivity index (χ4v) is 4.53. The molecule has 2 aliphatic heterocycles. The van der Waals surface area contributed by atoms with Gasteiger partial charge in [-0.25, -0.2) is 5.01 Å². The van der Waals surface area contributed by atoms with Crippen molar-refractivity contribution in [3.63, 3.8) is 0 Å². The zero-order valence-corrected chi connectivity index (χ0v) is 17.6. The molecule has 1 N–H and O–H groups in total. The normalized spacial score (nSPS) is 15.7. The minimum atomic E-state index is -0.481. The van der Waals surface area contributed by atoms with Gasteiger partial charge in [-0.05, 0) is 37.1 Å². The summed E-state index contributed by atoms with van der Waals surface area (Å²) in [5.74, 6) is -1.59. The molecule has 3 heterocycles. The zero-order valence-electron chi connectivity index (χ0n) is 17.6. The molecule has 0 atom stereocenters. The lowest BCUT2D eigenvalue weighted by Crippen LogP contribution is -2.50. The molecule has 0 spiro atoms. The van der Waals surface area contributed by atoms with Crippen molar-refractivity contribution < 1.29 is 19.2 Å². The van der Waals surface area contributed by atoms with E-state index in [2.05, 4.69) is 4.98 Å². The number of aromatic nitrogens is 1. The van der Waals surface area contributed by atoms with Gasteiger partial charge in [0.2, 0.25) is 5.91 Å². The smallest absolute Gasteiger partial charge is 0.262 e. The van der Waals surface area contributed by atoms with E-state index in [0.717, 1.165) is 27.1 Å². The van der Waals surface area contributed by atoms with Gasteiger partial charge in [0.05, 0.1) is 17.5 Å². The summed E-state index contributed by atoms with van der Waals surface area (Å²) in [4.78, 5) is 55.6. The largest absolute Gasteiger partial charge is 0.358 e. The van der Waals surface area contributed by atoms with Gasteiger partial charge >= 0.3 is 0 Å². The van der Waals surface area contributed by atoms with Crippen LogP contribution < -0.4 is 0 Å². The Labute approximate surface area is 184 Å². The topological polar surface area (TPSA) is 93.8 Å². The standard InChI is InChI=1S/C24H22N4O4/c1-15-19(16-7-4-5-10-20(16)25-15)13-21(29)27-11-6-12-28(27)22(30)14-26-23(31)17-8-2-3-9-18(17)24(26)32/h2-5,7-10,25H,6,11-14H2,1H3. The molecule has 4 amide bonds. The number of H-pyrrole nitrogens is 1. The van der Waals surface area contributed by atoms with E-state index < -0.39 is 17.7 Å². The molecule has 32 heavy (non-hydrogen) atoms. The molecule has 8 nitrogen and oxygen atoms in total. The lowest BCUT2D eigenvalue weighted by atomic mass is 10.1. The van der Waals surface area contributed by atoms with Crippen molar-refractivity contribution in [3.05, 3.63) is 70.9 Å². The second-order valence-corrected chi connectivity index (χ2v) is 8.08. The van der Waals surface area contributed by atoms with Crippen LogP contribution in [0.2, 0.25) is 0 Å². The SMILES string of the molecule is Cc1[nH]c2ccccc2c1CC(=O)N1CCCN1C(=O)CN1C(=O)c2ccccc2C1=O. The minimum absolute atomic E-state index is 0.159. The monoisotopic (exact) mass is 430 g/mol. The summed E-state index contributed by atoms with van der Waals surface area (Å²) in [5.41, 5.74) is 3.39. The summed E-state index contributed by atoms with van der Waals surface area (Å²) in [5, 5.41) is 3.80. The number of hydrogen-bond acceptors (Lipinski definition) is 4. The highest BCUT2D eigenvalue weighted by atomic mass is 16.2. The maximum atomic E-state index is 13.1. The first-order valence-corrected chi connectivity index (χ1v) is 10.6. The van der Waals surface area contributed by atoms with Crippen LogP contribution in [0.15, 0.2) is 48.5 Å². The van der Waals surface area contributed by atoms with Crippen LogP contribution in [0.5, 0.6) is 0 Å². The number of nitrogens with one attached hydrogen (secondary N) is 1. The number of amides is 4. The number of hydrogen-bond donors (Lipinski definition) is 1. The lowest BCUT2D eigenvalue weighted by Gasteiger charge is -2.29. The second-order valence-electron chi connectivity index (χ2n) is 8.08. The molecule has 162 valence electrons. The Morgan fingerprint density at radius 1 is 0.875 bits per heavy atom. The van der Waals surface area contributed by atoms with Crippen LogP contribution in [-0.2, 0) is 16.0 Å². The number of para-hydroxylation sites is 1. The molecule has 0 unspecified atom stereocenters. The summed E-state index contributed by atoms with van der Waals surface area (Å²) in [6.07, 6.45) is 0.805. The molecule has 2 aliphatic rings. The molecule has 0 saturated carbocycles. The average molecular weight is 430 g/mol. The van der Waals surface area contributed by atoms with Crippen LogP contribution in [0.3, 0.4) is 0 Å². The van der Waals surface area contributed by atoms with Crippen molar-refractivity contribution in [3.8, 4) is 0 Å². The average Bonchev–Trinajstić information content (AvgIpc) is 3.47. The molecule has 8 heteroatoms. The van der Waals surface area contributed by atoms with Crippen molar-refractivity contribution >= 4 is 34.5 Å². The van der Waals surface area contributed by atoms with Crippen LogP contribution in [0, 0.1) is 6.92 Å². The number of fused-ring (bicyclic) bond motifs is 2. The first kappa shape index (κ1) is 20.0. The molecule has 0 aliphatic carbocycles. The summed E-state index contributed by atoms with van der Waals surface area (Å²) in [6.45, 7) is 2.34. The Balaban J connectivity index is 1.32. The maximum absolute atomic E-state index is 13.1. The number of imide groups is 1. The highest BCUT2D eigenvalue weighted by Crippen LogP contribution is 2.25. The number of carbonyl (C=O) groups excluding carboxylic acids is 4. The van der Waals surface area contributed by atoms with Gasteiger partial charge in [-0.2, -0.15) is 0 Å². The molecule has 5 rings (SSSR count). The van der Waals surface area contributed by atoms with Crippen molar-refractivity contribution in [2.75, 3.05) is 19.6 Å². The number of benzene rings is 2. The zero-order chi connectivity index (χ0) is 22.4. The van der Waals surface area contributed by atoms with Crippen LogP contribution >= 0.6 is 0 Å². The minimum Gasteiger partial charge on any atom is -0.358 e. The first-order valence-electron chi connectivity index (χ1n) is 10.6. The van der Waals surface area contributed by atoms with Crippen LogP contribution in [0.1, 0.15) is 38.4 Å². The summed E-state index contributed by atoms with van der Waals surface area (Å²) >= 11 is 0. The molecular formula is C24H22N4O4. The van der Waals surface area contributed by atoms with Gasteiger partial charge in [-0.15, -0.1) is 0 Å². The fraction of sp³-hybridized carbons (Fsp3) is 0.250. The summed E-state index contributed by atoms with van der Waals surface area (Å²) < 4.78 is 0. The van der Waals surface area contributed by atoms with Crippen LogP contribution in [0.4, 0.5) is 0 Å². The lowest BCUT2D eigenvalue weighted by molar-refractivity contribution is -0.157. The van der Waals surface area contributed by atoms with Gasteiger partial charge in [0.1, 0.15) is 6.54 Å². The molecule has 0 bridgehead atoms. The van der Waals surface area contributed by atoms with Crippen molar-refractivity contribution in [2.24, 2.45) is 0 Å². The highest BCUT2D eigenvalue weighted by Gasteiger charge is 2.39. The van der Waals surface area contributed by atoms with Crippen molar-refractivity contribution in [1.29, 1.82) is 0 Å². The van der Waals surface area contributed by atoms with Crippen LogP contribution in [0.25, 0.3) is 10.9 Å². The van der Waals surface area contributed by atoms with E-state index in [9.17, 15) is 19.2 Å². The quantitative estimate of drug-likeness (QED) is 0.643. The number of aryl methyl sites for hydroxylation is 1. The Hall–Kier alpha value is -3.94. The third-order valence-electron chi connectivity index (χ3n) is 6.13. The van der Waals surface area contributed by atoms with Crippen molar-refractivity contribution in [2.45, 2.75) is 19.8 Å². The molecule has 1 fully saturated rings. The van der Waals surface area contributed by atoms with Crippen LogP contribution in [-0.4, -0.2) is 63.2 Å². The summed E-state index contributed by atoms with van der Waals surface area (Å²) in [6, 6.07) is 14.3. The second kappa shape index (κ2) is 7.64. The molecular weight excluding hydrogens is 408 g/mol. The number of rotatable bonds is 4. The van der Waals surface area contributed by atoms with E-state index in [0.29, 0.717) is 30.6 Å². The van der Waals surface area contributed by atoms with E-state index >= 15 is 0 Å². The first-order chi connectivity index (χ1) is 15.5. The Kier molecular flexibility index (Phi) is 4.77. The number of nitrogens with zero attached hydrogens (tertiary/aromatic N) is 3. The van der Waals surface area contributed by atoms with Gasteiger partial charge in [0.25, 0.3) is 17.7 Å². The third-order valence-corrected chi connectivity index (χ3v) is 6.13. The fourth-order valence-electron chi connectivity index (χ4n) is 4.53. The molecule has 1 aromatic heterocycles. The number of aromatic amines is 1. The molecule has 3 aromatic rings. The number of carbonyl (C=O) groups is 4. The molecule has 1 saturated heterocycles. The highest BCUT2D eigenvalue weighted by molar-refractivity contribution is 6.22. The predicted octanol–water partition coefficient (Wildman–Crippen LogP) is 2.29. The van der Waals surface area contributed by atoms with E-state index in [4.69, 9.17) is 0 Å². The van der Waals surface area contributed by atoms with Gasteiger partial charge < -0.3 is 4.98 Å².